The molecule has 0 radical (unpaired) electrons. The lowest BCUT2D eigenvalue weighted by Crippen LogP contribution is -2.67. The average Bonchev–Trinajstić information content (AvgIpc) is 3.62. The number of rotatable bonds is 9. The predicted molar refractivity (Wildman–Crippen MR) is 193 cm³/mol. The van der Waals surface area contributed by atoms with Crippen molar-refractivity contribution in [3.63, 3.8) is 0 Å². The molecule has 0 saturated carbocycles. The molecule has 254 valence electrons. The number of benzene rings is 5. The van der Waals surface area contributed by atoms with E-state index in [2.05, 4.69) is 11.4 Å². The van der Waals surface area contributed by atoms with E-state index in [1.165, 1.54) is 9.80 Å². The van der Waals surface area contributed by atoms with Crippen LogP contribution in [0.5, 0.6) is 0 Å². The average molecular weight is 676 g/mol. The first kappa shape index (κ1) is 32.0. The number of hydrogen-bond acceptors (Lipinski definition) is 4. The standard InChI is InChI=1S/C42H37N5O4/c48-38(43-26-32-20-21-33-18-10-11-19-34(33)24-32)35-22-23-36-39-44(27-30-14-6-2-7-15-30)41(50)45(28-31-16-8-3-9-17-31)42(51)47(39)37(40(49)46(35)36)25-29-12-4-1-5-13-29/h1-21,24,35,37H,22-23,25-28H2,(H,43,48)/t35-,37+/m0/s1. The zero-order chi connectivity index (χ0) is 34.9. The summed E-state index contributed by atoms with van der Waals surface area (Å²) in [7, 11) is 0. The van der Waals surface area contributed by atoms with Crippen LogP contribution >= 0.6 is 0 Å². The molecule has 3 heterocycles. The second-order valence-electron chi connectivity index (χ2n) is 13.2. The number of nitrogens with zero attached hydrogens (tertiary/aromatic N) is 4. The summed E-state index contributed by atoms with van der Waals surface area (Å²) in [6, 6.07) is 39.9. The highest BCUT2D eigenvalue weighted by atomic mass is 16.2. The van der Waals surface area contributed by atoms with E-state index >= 15 is 0 Å². The summed E-state index contributed by atoms with van der Waals surface area (Å²) in [6.45, 7) is 0.546. The predicted octanol–water partition coefficient (Wildman–Crippen LogP) is 6.80. The Morgan fingerprint density at radius 3 is 1.86 bits per heavy atom. The molecule has 2 fully saturated rings. The number of fused-ring (bicyclic) bond motifs is 3. The van der Waals surface area contributed by atoms with Gasteiger partial charge in [-0.15, -0.1) is 0 Å². The summed E-state index contributed by atoms with van der Waals surface area (Å²) < 4.78 is 0. The van der Waals surface area contributed by atoms with Crippen molar-refractivity contribution >= 4 is 34.6 Å². The van der Waals surface area contributed by atoms with E-state index in [1.54, 1.807) is 9.80 Å². The molecule has 0 unspecified atom stereocenters. The minimum atomic E-state index is -0.975. The molecular formula is C42H37N5O4. The molecule has 2 saturated heterocycles. The third kappa shape index (κ3) is 6.12. The fraction of sp³-hybridized carbons (Fsp3) is 0.190. The highest BCUT2D eigenvalue weighted by Crippen LogP contribution is 2.42. The van der Waals surface area contributed by atoms with Gasteiger partial charge in [0.25, 0.3) is 5.91 Å². The molecule has 2 atom stereocenters. The van der Waals surface area contributed by atoms with Gasteiger partial charge < -0.3 is 5.32 Å². The van der Waals surface area contributed by atoms with Gasteiger partial charge in [-0.25, -0.2) is 14.5 Å². The lowest BCUT2D eigenvalue weighted by molar-refractivity contribution is -0.142. The van der Waals surface area contributed by atoms with E-state index in [-0.39, 0.29) is 31.3 Å². The van der Waals surface area contributed by atoms with Gasteiger partial charge >= 0.3 is 12.1 Å². The van der Waals surface area contributed by atoms with Gasteiger partial charge in [-0.3, -0.25) is 24.3 Å². The first-order valence-corrected chi connectivity index (χ1v) is 17.3. The van der Waals surface area contributed by atoms with Crippen LogP contribution in [0.2, 0.25) is 0 Å². The topological polar surface area (TPSA) is 93.3 Å². The van der Waals surface area contributed by atoms with Crippen molar-refractivity contribution in [2.24, 2.45) is 0 Å². The molecule has 51 heavy (non-hydrogen) atoms. The van der Waals surface area contributed by atoms with Gasteiger partial charge in [-0.05, 0) is 51.9 Å². The van der Waals surface area contributed by atoms with Crippen LogP contribution in [-0.2, 0) is 35.6 Å². The summed E-state index contributed by atoms with van der Waals surface area (Å²) in [5.74, 6) is -0.223. The van der Waals surface area contributed by atoms with Crippen LogP contribution < -0.4 is 5.32 Å². The van der Waals surface area contributed by atoms with Crippen LogP contribution in [0.4, 0.5) is 9.59 Å². The van der Waals surface area contributed by atoms with Crippen LogP contribution in [0.15, 0.2) is 145 Å². The van der Waals surface area contributed by atoms with Gasteiger partial charge in [-0.2, -0.15) is 0 Å². The maximum absolute atomic E-state index is 14.8. The molecule has 5 aromatic carbocycles. The van der Waals surface area contributed by atoms with E-state index in [0.717, 1.165) is 33.0 Å². The minimum absolute atomic E-state index is 0.0542. The Hall–Kier alpha value is -6.22. The summed E-state index contributed by atoms with van der Waals surface area (Å²) in [5.41, 5.74) is 4.01. The van der Waals surface area contributed by atoms with Crippen molar-refractivity contribution in [2.75, 3.05) is 0 Å². The summed E-state index contributed by atoms with van der Waals surface area (Å²) >= 11 is 0. The Labute approximate surface area is 296 Å². The quantitative estimate of drug-likeness (QED) is 0.186. The van der Waals surface area contributed by atoms with Crippen LogP contribution in [0.25, 0.3) is 10.8 Å². The third-order valence-electron chi connectivity index (χ3n) is 9.95. The zero-order valence-electron chi connectivity index (χ0n) is 28.0. The maximum atomic E-state index is 14.8. The second-order valence-corrected chi connectivity index (χ2v) is 13.2. The molecule has 3 aliphatic heterocycles. The Morgan fingerprint density at radius 2 is 1.20 bits per heavy atom. The number of amides is 6. The Balaban J connectivity index is 1.18. The van der Waals surface area contributed by atoms with Crippen molar-refractivity contribution in [1.29, 1.82) is 0 Å². The molecule has 9 nitrogen and oxygen atoms in total. The molecule has 5 aromatic rings. The van der Waals surface area contributed by atoms with Gasteiger partial charge in [0.05, 0.1) is 18.8 Å². The minimum Gasteiger partial charge on any atom is -0.350 e. The molecule has 9 heteroatoms. The summed E-state index contributed by atoms with van der Waals surface area (Å²) in [4.78, 5) is 63.7. The van der Waals surface area contributed by atoms with Gasteiger partial charge in [0, 0.05) is 13.0 Å². The van der Waals surface area contributed by atoms with Gasteiger partial charge in [0.15, 0.2) is 0 Å². The van der Waals surface area contributed by atoms with Crippen molar-refractivity contribution < 1.29 is 19.2 Å². The van der Waals surface area contributed by atoms with Crippen molar-refractivity contribution in [3.05, 3.63) is 167 Å². The fourth-order valence-electron chi connectivity index (χ4n) is 7.46. The van der Waals surface area contributed by atoms with Crippen molar-refractivity contribution in [3.8, 4) is 0 Å². The molecular weight excluding hydrogens is 638 g/mol. The van der Waals surface area contributed by atoms with Crippen LogP contribution in [0, 0.1) is 0 Å². The van der Waals surface area contributed by atoms with Gasteiger partial charge in [0.1, 0.15) is 17.9 Å². The first-order chi connectivity index (χ1) is 25.0. The normalized spacial score (nSPS) is 18.7. The monoisotopic (exact) mass is 675 g/mol. The first-order valence-electron chi connectivity index (χ1n) is 17.3. The highest BCUT2D eigenvalue weighted by Gasteiger charge is 2.55. The maximum Gasteiger partial charge on any atom is 0.334 e. The number of carbonyl (C=O) groups is 4. The zero-order valence-corrected chi connectivity index (χ0v) is 28.0. The molecule has 0 aromatic heterocycles. The Bertz CT molecular complexity index is 2150. The van der Waals surface area contributed by atoms with Gasteiger partial charge in [-0.1, -0.05) is 127 Å². The largest absolute Gasteiger partial charge is 0.350 e. The fourth-order valence-corrected chi connectivity index (χ4v) is 7.46. The van der Waals surface area contributed by atoms with Crippen LogP contribution in [0.1, 0.15) is 35.1 Å². The smallest absolute Gasteiger partial charge is 0.334 e. The number of allylic oxidation sites excluding steroid dienone is 1. The van der Waals surface area contributed by atoms with E-state index in [9.17, 15) is 19.2 Å². The van der Waals surface area contributed by atoms with E-state index in [0.29, 0.717) is 30.9 Å². The number of nitrogens with one attached hydrogen (secondary N) is 1. The molecule has 0 bridgehead atoms. The number of hydrogen-bond donors (Lipinski definition) is 1. The number of carbonyl (C=O) groups excluding carboxylic acids is 4. The lowest BCUT2D eigenvalue weighted by atomic mass is 9.99. The number of imide groups is 1. The SMILES string of the molecule is O=C(NCc1ccc2ccccc2c1)[C@@H]1CCC2=C3N(Cc4ccccc4)C(=O)N(Cc4ccccc4)C(=O)N3[C@H](Cc3ccccc3)C(=O)N21. The molecule has 6 amide bonds. The molecule has 0 spiro atoms. The molecule has 0 aliphatic carbocycles. The lowest BCUT2D eigenvalue weighted by Gasteiger charge is -2.50. The Morgan fingerprint density at radius 1 is 0.608 bits per heavy atom. The van der Waals surface area contributed by atoms with E-state index in [1.807, 2.05) is 127 Å². The number of urea groups is 2. The summed E-state index contributed by atoms with van der Waals surface area (Å²) in [5, 5.41) is 5.27. The Kier molecular flexibility index (Phi) is 8.53. The van der Waals surface area contributed by atoms with Crippen molar-refractivity contribution in [1.82, 2.24) is 24.9 Å². The molecule has 3 aliphatic rings. The third-order valence-corrected chi connectivity index (χ3v) is 9.95. The van der Waals surface area contributed by atoms with E-state index in [4.69, 9.17) is 0 Å². The van der Waals surface area contributed by atoms with E-state index < -0.39 is 24.1 Å². The second kappa shape index (κ2) is 13.6. The molecule has 8 rings (SSSR count). The highest BCUT2D eigenvalue weighted by molar-refractivity contribution is 6.03. The molecule has 1 N–H and O–H groups in total. The van der Waals surface area contributed by atoms with Crippen LogP contribution in [-0.4, -0.2) is 55.6 Å². The summed E-state index contributed by atoms with van der Waals surface area (Å²) in [6.07, 6.45) is 0.945. The van der Waals surface area contributed by atoms with Crippen LogP contribution in [0.3, 0.4) is 0 Å². The van der Waals surface area contributed by atoms with Crippen molar-refractivity contribution in [2.45, 2.75) is 51.0 Å². The van der Waals surface area contributed by atoms with Gasteiger partial charge in [0.2, 0.25) is 5.91 Å².